The normalized spacial score (nSPS) is 11.2. The second kappa shape index (κ2) is 9.21. The molecule has 8 heteroatoms. The lowest BCUT2D eigenvalue weighted by molar-refractivity contribution is 0.288. The highest BCUT2D eigenvalue weighted by Crippen LogP contribution is 2.28. The predicted octanol–water partition coefficient (Wildman–Crippen LogP) is 6.12. The summed E-state index contributed by atoms with van der Waals surface area (Å²) in [6, 6.07) is 15.7. The maximum atomic E-state index is 13.8. The molecule has 3 aromatic heterocycles. The fourth-order valence-corrected chi connectivity index (χ4v) is 4.02. The van der Waals surface area contributed by atoms with Gasteiger partial charge in [0.2, 0.25) is 11.8 Å². The second-order valence-corrected chi connectivity index (χ2v) is 8.22. The Morgan fingerprint density at radius 3 is 2.51 bits per heavy atom. The zero-order valence-corrected chi connectivity index (χ0v) is 20.0. The number of aryl methyl sites for hydroxylation is 3. The van der Waals surface area contributed by atoms with Crippen LogP contribution in [0.5, 0.6) is 11.6 Å². The van der Waals surface area contributed by atoms with E-state index >= 15 is 0 Å². The Kier molecular flexibility index (Phi) is 5.94. The molecule has 0 bridgehead atoms. The number of fused-ring (bicyclic) bond motifs is 1. The highest BCUT2D eigenvalue weighted by atomic mass is 19.1. The van der Waals surface area contributed by atoms with E-state index in [0.29, 0.717) is 41.2 Å². The zero-order valence-electron chi connectivity index (χ0n) is 20.0. The minimum Gasteiger partial charge on any atom is -0.494 e. The van der Waals surface area contributed by atoms with E-state index in [4.69, 9.17) is 13.9 Å². The van der Waals surface area contributed by atoms with Gasteiger partial charge in [-0.15, -0.1) is 0 Å². The molecule has 7 nitrogen and oxygen atoms in total. The molecule has 5 aromatic rings. The molecule has 35 heavy (non-hydrogen) atoms. The molecule has 0 aliphatic rings. The van der Waals surface area contributed by atoms with Crippen molar-refractivity contribution >= 4 is 11.0 Å². The van der Waals surface area contributed by atoms with Gasteiger partial charge in [0.05, 0.1) is 18.0 Å². The summed E-state index contributed by atoms with van der Waals surface area (Å²) in [5, 5.41) is 5.50. The first kappa shape index (κ1) is 22.6. The van der Waals surface area contributed by atoms with Gasteiger partial charge in [-0.05, 0) is 75.7 Å². The summed E-state index contributed by atoms with van der Waals surface area (Å²) in [5.74, 6) is 2.08. The minimum atomic E-state index is -0.335. The number of aromatic nitrogens is 4. The van der Waals surface area contributed by atoms with Gasteiger partial charge in [-0.1, -0.05) is 6.07 Å². The van der Waals surface area contributed by atoms with E-state index in [1.165, 1.54) is 12.1 Å². The highest BCUT2D eigenvalue weighted by molar-refractivity contribution is 5.84. The molecular weight excluding hydrogens is 447 g/mol. The molecule has 0 saturated carbocycles. The maximum absolute atomic E-state index is 13.8. The standard InChI is InChI=1S/C27H25FN4O3/c1-5-33-22-11-9-19(10-12-22)27-29-23(18(4)35-27)15-34-24-13-16(2)25-17(3)31-32(26(25)30-24)21-8-6-7-20(28)14-21/h6-14H,5,15H2,1-4H3. The molecule has 0 saturated heterocycles. The van der Waals surface area contributed by atoms with Crippen LogP contribution in [0.3, 0.4) is 0 Å². The molecule has 0 unspecified atom stereocenters. The Bertz CT molecular complexity index is 1510. The average molecular weight is 473 g/mol. The summed E-state index contributed by atoms with van der Waals surface area (Å²) < 4.78 is 32.9. The van der Waals surface area contributed by atoms with Gasteiger partial charge in [0.15, 0.2) is 5.65 Å². The van der Waals surface area contributed by atoms with E-state index in [1.54, 1.807) is 16.8 Å². The molecule has 0 fully saturated rings. The number of nitrogens with zero attached hydrogens (tertiary/aromatic N) is 4. The van der Waals surface area contributed by atoms with Crippen molar-refractivity contribution in [1.29, 1.82) is 0 Å². The number of hydrogen-bond acceptors (Lipinski definition) is 6. The molecule has 2 aromatic carbocycles. The Labute approximate surface area is 202 Å². The van der Waals surface area contributed by atoms with Crippen molar-refractivity contribution in [3.8, 4) is 28.8 Å². The topological polar surface area (TPSA) is 75.2 Å². The van der Waals surface area contributed by atoms with Gasteiger partial charge in [-0.3, -0.25) is 0 Å². The van der Waals surface area contributed by atoms with Gasteiger partial charge in [0, 0.05) is 17.0 Å². The molecule has 0 aliphatic heterocycles. The van der Waals surface area contributed by atoms with E-state index in [1.807, 2.05) is 58.0 Å². The van der Waals surface area contributed by atoms with E-state index in [-0.39, 0.29) is 12.4 Å². The molecule has 0 N–H and O–H groups in total. The smallest absolute Gasteiger partial charge is 0.226 e. The number of rotatable bonds is 7. The Morgan fingerprint density at radius 1 is 0.971 bits per heavy atom. The van der Waals surface area contributed by atoms with Crippen LogP contribution in [0.15, 0.2) is 59.0 Å². The Morgan fingerprint density at radius 2 is 1.77 bits per heavy atom. The lowest BCUT2D eigenvalue weighted by Gasteiger charge is -2.08. The predicted molar refractivity (Wildman–Crippen MR) is 130 cm³/mol. The number of oxazole rings is 1. The first-order valence-corrected chi connectivity index (χ1v) is 11.4. The third-order valence-corrected chi connectivity index (χ3v) is 5.70. The van der Waals surface area contributed by atoms with E-state index in [2.05, 4.69) is 15.1 Å². The van der Waals surface area contributed by atoms with Crippen LogP contribution < -0.4 is 9.47 Å². The fraction of sp³-hybridized carbons (Fsp3) is 0.222. The van der Waals surface area contributed by atoms with Gasteiger partial charge in [-0.2, -0.15) is 10.1 Å². The molecule has 5 rings (SSSR count). The number of benzene rings is 2. The van der Waals surface area contributed by atoms with Crippen molar-refractivity contribution in [2.24, 2.45) is 0 Å². The second-order valence-electron chi connectivity index (χ2n) is 8.22. The third-order valence-electron chi connectivity index (χ3n) is 5.70. The summed E-state index contributed by atoms with van der Waals surface area (Å²) in [7, 11) is 0. The summed E-state index contributed by atoms with van der Waals surface area (Å²) in [6.45, 7) is 8.50. The maximum Gasteiger partial charge on any atom is 0.226 e. The Hall–Kier alpha value is -4.20. The van der Waals surface area contributed by atoms with Crippen LogP contribution in [0.25, 0.3) is 28.2 Å². The summed E-state index contributed by atoms with van der Waals surface area (Å²) >= 11 is 0. The summed E-state index contributed by atoms with van der Waals surface area (Å²) in [5.41, 5.74) is 4.52. The number of pyridine rings is 1. The quantitative estimate of drug-likeness (QED) is 0.284. The monoisotopic (exact) mass is 472 g/mol. The van der Waals surface area contributed by atoms with Crippen LogP contribution in [0.1, 0.15) is 29.6 Å². The molecule has 0 amide bonds. The van der Waals surface area contributed by atoms with Crippen LogP contribution in [-0.2, 0) is 6.61 Å². The number of ether oxygens (including phenoxy) is 2. The first-order chi connectivity index (χ1) is 16.9. The van der Waals surface area contributed by atoms with Crippen molar-refractivity contribution in [3.05, 3.63) is 83.1 Å². The minimum absolute atomic E-state index is 0.192. The molecular formula is C27H25FN4O3. The van der Waals surface area contributed by atoms with Crippen LogP contribution in [-0.4, -0.2) is 26.4 Å². The molecule has 0 radical (unpaired) electrons. The Balaban J connectivity index is 1.41. The third kappa shape index (κ3) is 4.47. The van der Waals surface area contributed by atoms with Crippen molar-refractivity contribution in [1.82, 2.24) is 19.7 Å². The molecule has 0 spiro atoms. The van der Waals surface area contributed by atoms with E-state index < -0.39 is 0 Å². The van der Waals surface area contributed by atoms with E-state index in [0.717, 1.165) is 28.0 Å². The lowest BCUT2D eigenvalue weighted by atomic mass is 10.2. The largest absolute Gasteiger partial charge is 0.494 e. The summed E-state index contributed by atoms with van der Waals surface area (Å²) in [4.78, 5) is 9.30. The van der Waals surface area contributed by atoms with E-state index in [9.17, 15) is 4.39 Å². The number of halogens is 1. The van der Waals surface area contributed by atoms with Crippen LogP contribution >= 0.6 is 0 Å². The van der Waals surface area contributed by atoms with Crippen molar-refractivity contribution in [2.75, 3.05) is 6.61 Å². The highest BCUT2D eigenvalue weighted by Gasteiger charge is 2.17. The SMILES string of the molecule is CCOc1ccc(-c2nc(COc3cc(C)c4c(C)nn(-c5cccc(F)c5)c4n3)c(C)o2)cc1. The molecule has 3 heterocycles. The lowest BCUT2D eigenvalue weighted by Crippen LogP contribution is -2.02. The first-order valence-electron chi connectivity index (χ1n) is 11.4. The van der Waals surface area contributed by atoms with Gasteiger partial charge in [0.25, 0.3) is 0 Å². The van der Waals surface area contributed by atoms with Crippen molar-refractivity contribution < 1.29 is 18.3 Å². The van der Waals surface area contributed by atoms with Gasteiger partial charge >= 0.3 is 0 Å². The molecule has 0 atom stereocenters. The van der Waals surface area contributed by atoms with Gasteiger partial charge in [-0.25, -0.2) is 14.1 Å². The average Bonchev–Trinajstić information content (AvgIpc) is 3.38. The molecule has 178 valence electrons. The van der Waals surface area contributed by atoms with Crippen LogP contribution in [0, 0.1) is 26.6 Å². The fourth-order valence-electron chi connectivity index (χ4n) is 4.02. The zero-order chi connectivity index (χ0) is 24.5. The van der Waals surface area contributed by atoms with Gasteiger partial charge in [0.1, 0.15) is 29.6 Å². The molecule has 0 aliphatic carbocycles. The number of hydrogen-bond donors (Lipinski definition) is 0. The van der Waals surface area contributed by atoms with Crippen LogP contribution in [0.4, 0.5) is 4.39 Å². The van der Waals surface area contributed by atoms with Gasteiger partial charge < -0.3 is 13.9 Å². The van der Waals surface area contributed by atoms with Crippen LogP contribution in [0.2, 0.25) is 0 Å². The summed E-state index contributed by atoms with van der Waals surface area (Å²) in [6.07, 6.45) is 0. The van der Waals surface area contributed by atoms with Crippen molar-refractivity contribution in [3.63, 3.8) is 0 Å². The van der Waals surface area contributed by atoms with Crippen molar-refractivity contribution in [2.45, 2.75) is 34.3 Å².